The van der Waals surface area contributed by atoms with Crippen LogP contribution in [-0.2, 0) is 21.2 Å². The van der Waals surface area contributed by atoms with Gasteiger partial charge in [-0.15, -0.1) is 0 Å². The van der Waals surface area contributed by atoms with E-state index in [0.717, 1.165) is 10.9 Å². The summed E-state index contributed by atoms with van der Waals surface area (Å²) < 4.78 is 24.9. The quantitative estimate of drug-likeness (QED) is 0.850. The number of carbonyl (C=O) groups excluding carboxylic acids is 1. The number of hydrogen-bond acceptors (Lipinski definition) is 5. The van der Waals surface area contributed by atoms with Gasteiger partial charge in [0.25, 0.3) is 0 Å². The fourth-order valence-electron chi connectivity index (χ4n) is 3.07. The lowest BCUT2D eigenvalue weighted by atomic mass is 10.2. The van der Waals surface area contributed by atoms with Crippen molar-refractivity contribution in [2.24, 2.45) is 0 Å². The van der Waals surface area contributed by atoms with E-state index in [1.807, 2.05) is 24.3 Å². The Morgan fingerprint density at radius 1 is 1.39 bits per heavy atom. The predicted octanol–water partition coefficient (Wildman–Crippen LogP) is 0.0427. The van der Waals surface area contributed by atoms with Crippen LogP contribution in [0.1, 0.15) is 6.92 Å². The van der Waals surface area contributed by atoms with Crippen LogP contribution in [0.5, 0.6) is 0 Å². The van der Waals surface area contributed by atoms with E-state index in [2.05, 4.69) is 5.10 Å². The molecule has 2 heterocycles. The first kappa shape index (κ1) is 15.9. The summed E-state index contributed by atoms with van der Waals surface area (Å²) in [5.74, 6) is -0.720. The smallest absolute Gasteiger partial charge is 0.244 e. The molecule has 7 nitrogen and oxygen atoms in total. The minimum absolute atomic E-state index is 0.0185. The molecule has 0 aliphatic carbocycles. The number of sulfone groups is 1. The fraction of sp³-hybridized carbons (Fsp3) is 0.467. The van der Waals surface area contributed by atoms with Crippen LogP contribution in [0.4, 0.5) is 0 Å². The first-order chi connectivity index (χ1) is 10.9. The molecule has 124 valence electrons. The molecule has 1 aromatic heterocycles. The van der Waals surface area contributed by atoms with E-state index in [9.17, 15) is 18.3 Å². The second-order valence-corrected chi connectivity index (χ2v) is 7.91. The van der Waals surface area contributed by atoms with Crippen LogP contribution >= 0.6 is 0 Å². The van der Waals surface area contributed by atoms with E-state index in [1.165, 1.54) is 4.90 Å². The van der Waals surface area contributed by atoms with Gasteiger partial charge in [-0.3, -0.25) is 9.48 Å². The van der Waals surface area contributed by atoms with Crippen molar-refractivity contribution in [1.82, 2.24) is 14.7 Å². The molecule has 1 N–H and O–H groups in total. The summed E-state index contributed by atoms with van der Waals surface area (Å²) in [6.45, 7) is 2.14. The Morgan fingerprint density at radius 3 is 2.78 bits per heavy atom. The first-order valence-corrected chi connectivity index (χ1v) is 9.32. The molecular weight excluding hydrogens is 318 g/mol. The van der Waals surface area contributed by atoms with Crippen LogP contribution in [-0.4, -0.2) is 64.3 Å². The molecule has 3 rings (SSSR count). The number of aromatic nitrogens is 2. The molecule has 1 aromatic carbocycles. The van der Waals surface area contributed by atoms with Crippen LogP contribution in [0.25, 0.3) is 10.9 Å². The highest BCUT2D eigenvalue weighted by molar-refractivity contribution is 7.91. The molecule has 0 spiro atoms. The minimum atomic E-state index is -3.30. The largest absolute Gasteiger partial charge is 0.390 e. The Hall–Kier alpha value is -1.93. The summed E-state index contributed by atoms with van der Waals surface area (Å²) in [5.41, 5.74) is 0.844. The van der Waals surface area contributed by atoms with E-state index in [1.54, 1.807) is 17.8 Å². The summed E-state index contributed by atoms with van der Waals surface area (Å²) in [7, 11) is -3.30. The maximum absolute atomic E-state index is 12.6. The molecule has 0 bridgehead atoms. The number of likely N-dealkylation sites (N-methyl/N-ethyl adjacent to an activating group) is 1. The van der Waals surface area contributed by atoms with Crippen molar-refractivity contribution >= 4 is 26.6 Å². The molecule has 2 unspecified atom stereocenters. The summed E-state index contributed by atoms with van der Waals surface area (Å²) >= 11 is 0. The lowest BCUT2D eigenvalue weighted by Gasteiger charge is -2.29. The number of fused-ring (bicyclic) bond motifs is 1. The Labute approximate surface area is 134 Å². The maximum Gasteiger partial charge on any atom is 0.244 e. The summed E-state index contributed by atoms with van der Waals surface area (Å²) in [5, 5.41) is 15.1. The van der Waals surface area contributed by atoms with Gasteiger partial charge >= 0.3 is 0 Å². The van der Waals surface area contributed by atoms with Crippen molar-refractivity contribution < 1.29 is 18.3 Å². The molecule has 2 atom stereocenters. The lowest BCUT2D eigenvalue weighted by Crippen LogP contribution is -2.47. The Kier molecular flexibility index (Phi) is 4.11. The molecule has 2 aromatic rings. The highest BCUT2D eigenvalue weighted by Gasteiger charge is 2.41. The van der Waals surface area contributed by atoms with Crippen LogP contribution in [0.15, 0.2) is 30.5 Å². The van der Waals surface area contributed by atoms with Gasteiger partial charge in [0.2, 0.25) is 5.91 Å². The fourth-order valence-corrected chi connectivity index (χ4v) is 4.88. The Bertz CT molecular complexity index is 830. The number of carbonyl (C=O) groups is 1. The molecule has 1 amide bonds. The second kappa shape index (κ2) is 5.93. The second-order valence-electron chi connectivity index (χ2n) is 5.75. The van der Waals surface area contributed by atoms with Crippen molar-refractivity contribution in [3.05, 3.63) is 30.5 Å². The zero-order valence-corrected chi connectivity index (χ0v) is 13.6. The minimum Gasteiger partial charge on any atom is -0.390 e. The normalized spacial score (nSPS) is 23.2. The van der Waals surface area contributed by atoms with E-state index in [0.29, 0.717) is 6.54 Å². The zero-order valence-electron chi connectivity index (χ0n) is 12.8. The van der Waals surface area contributed by atoms with Crippen molar-refractivity contribution in [2.75, 3.05) is 18.1 Å². The summed E-state index contributed by atoms with van der Waals surface area (Å²) in [4.78, 5) is 14.0. The van der Waals surface area contributed by atoms with Gasteiger partial charge in [-0.05, 0) is 13.0 Å². The number of amides is 1. The van der Waals surface area contributed by atoms with Gasteiger partial charge in [0.1, 0.15) is 6.54 Å². The van der Waals surface area contributed by atoms with Gasteiger partial charge in [-0.2, -0.15) is 5.10 Å². The van der Waals surface area contributed by atoms with E-state index < -0.39 is 22.0 Å². The van der Waals surface area contributed by atoms with E-state index in [-0.39, 0.29) is 24.0 Å². The summed E-state index contributed by atoms with van der Waals surface area (Å²) in [6, 6.07) is 6.87. The van der Waals surface area contributed by atoms with Gasteiger partial charge in [0.05, 0.1) is 35.4 Å². The van der Waals surface area contributed by atoms with Crippen molar-refractivity contribution in [3.63, 3.8) is 0 Å². The highest BCUT2D eigenvalue weighted by Crippen LogP contribution is 2.20. The average molecular weight is 337 g/mol. The third kappa shape index (κ3) is 3.09. The SMILES string of the molecule is CCN(C(=O)Cn1ncc2ccccc21)C1CS(=O)(=O)CC1O. The zero-order chi connectivity index (χ0) is 16.6. The number of aliphatic hydroxyl groups is 1. The van der Waals surface area contributed by atoms with Crippen LogP contribution in [0, 0.1) is 0 Å². The molecule has 0 saturated carbocycles. The van der Waals surface area contributed by atoms with E-state index in [4.69, 9.17) is 0 Å². The molecule has 8 heteroatoms. The van der Waals surface area contributed by atoms with E-state index >= 15 is 0 Å². The third-order valence-electron chi connectivity index (χ3n) is 4.19. The number of benzene rings is 1. The number of nitrogens with zero attached hydrogens (tertiary/aromatic N) is 3. The molecule has 1 aliphatic rings. The third-order valence-corrected chi connectivity index (χ3v) is 5.89. The highest BCUT2D eigenvalue weighted by atomic mass is 32.2. The first-order valence-electron chi connectivity index (χ1n) is 7.50. The Balaban J connectivity index is 1.81. The predicted molar refractivity (Wildman–Crippen MR) is 85.6 cm³/mol. The van der Waals surface area contributed by atoms with Crippen molar-refractivity contribution in [2.45, 2.75) is 25.6 Å². The number of para-hydroxylation sites is 1. The van der Waals surface area contributed by atoms with Gasteiger partial charge < -0.3 is 10.0 Å². The number of rotatable bonds is 4. The van der Waals surface area contributed by atoms with Gasteiger partial charge in [0, 0.05) is 11.9 Å². The topological polar surface area (TPSA) is 92.5 Å². The average Bonchev–Trinajstić information content (AvgIpc) is 3.01. The molecule has 1 saturated heterocycles. The molecule has 1 aliphatic heterocycles. The molecular formula is C15H19N3O4S. The van der Waals surface area contributed by atoms with Crippen molar-refractivity contribution in [3.8, 4) is 0 Å². The standard InChI is InChI=1S/C15H19N3O4S/c1-2-17(13-9-23(21,22)10-14(13)19)15(20)8-18-12-6-4-3-5-11(12)7-16-18/h3-7,13-14,19H,2,8-10H2,1H3. The number of hydrogen-bond donors (Lipinski definition) is 1. The lowest BCUT2D eigenvalue weighted by molar-refractivity contribution is -0.135. The van der Waals surface area contributed by atoms with Gasteiger partial charge in [0.15, 0.2) is 9.84 Å². The van der Waals surface area contributed by atoms with Crippen LogP contribution < -0.4 is 0 Å². The summed E-state index contributed by atoms with van der Waals surface area (Å²) in [6.07, 6.45) is 0.659. The number of aliphatic hydroxyl groups excluding tert-OH is 1. The van der Waals surface area contributed by atoms with Crippen LogP contribution in [0.3, 0.4) is 0 Å². The van der Waals surface area contributed by atoms with Crippen LogP contribution in [0.2, 0.25) is 0 Å². The molecule has 23 heavy (non-hydrogen) atoms. The van der Waals surface area contributed by atoms with Gasteiger partial charge in [-0.1, -0.05) is 18.2 Å². The molecule has 0 radical (unpaired) electrons. The van der Waals surface area contributed by atoms with Crippen molar-refractivity contribution in [1.29, 1.82) is 0 Å². The monoisotopic (exact) mass is 337 g/mol. The Morgan fingerprint density at radius 2 is 2.13 bits per heavy atom. The van der Waals surface area contributed by atoms with Gasteiger partial charge in [-0.25, -0.2) is 8.42 Å². The molecule has 1 fully saturated rings. The maximum atomic E-state index is 12.6.